The summed E-state index contributed by atoms with van der Waals surface area (Å²) in [6, 6.07) is 17.4. The average molecular weight is 551 g/mol. The van der Waals surface area contributed by atoms with Crippen LogP contribution in [0.15, 0.2) is 95.8 Å². The first-order valence-corrected chi connectivity index (χ1v) is 15.0. The van der Waals surface area contributed by atoms with Crippen molar-refractivity contribution in [3.63, 3.8) is 0 Å². The molecule has 4 heterocycles. The molecule has 1 aromatic carbocycles. The Morgan fingerprint density at radius 3 is 1.95 bits per heavy atom. The Bertz CT molecular complexity index is 1920. The van der Waals surface area contributed by atoms with Gasteiger partial charge in [0.05, 0.1) is 28.5 Å². The van der Waals surface area contributed by atoms with Gasteiger partial charge in [-0.1, -0.05) is 102 Å². The quantitative estimate of drug-likeness (QED) is 0.253. The highest BCUT2D eigenvalue weighted by Crippen LogP contribution is 2.38. The first kappa shape index (κ1) is 26.6. The molecule has 0 bridgehead atoms. The lowest BCUT2D eigenvalue weighted by molar-refractivity contribution is 0.556. The minimum absolute atomic E-state index is 0.00846. The van der Waals surface area contributed by atoms with Crippen LogP contribution in [0, 0.1) is 0 Å². The van der Waals surface area contributed by atoms with E-state index in [9.17, 15) is 0 Å². The molecule has 0 radical (unpaired) electrons. The third-order valence-electron chi connectivity index (χ3n) is 8.64. The van der Waals surface area contributed by atoms with Crippen LogP contribution in [-0.4, -0.2) is 15.0 Å². The molecule has 0 amide bonds. The van der Waals surface area contributed by atoms with Crippen LogP contribution >= 0.6 is 0 Å². The molecule has 0 fully saturated rings. The summed E-state index contributed by atoms with van der Waals surface area (Å²) in [7, 11) is 0. The number of nitrogens with one attached hydrogen (secondary N) is 1. The molecule has 1 unspecified atom stereocenters. The molecular weight excluding hydrogens is 512 g/mol. The lowest BCUT2D eigenvalue weighted by atomic mass is 9.86. The fraction of sp³-hybridized carbons (Fsp3) is 0.289. The predicted molar refractivity (Wildman–Crippen MR) is 175 cm³/mol. The molecule has 42 heavy (non-hydrogen) atoms. The molecule has 1 atom stereocenters. The fourth-order valence-corrected chi connectivity index (χ4v) is 6.04. The zero-order chi connectivity index (χ0) is 29.2. The monoisotopic (exact) mass is 550 g/mol. The molecule has 4 heteroatoms. The van der Waals surface area contributed by atoms with Gasteiger partial charge in [0.2, 0.25) is 0 Å². The zero-order valence-corrected chi connectivity index (χ0v) is 25.4. The van der Waals surface area contributed by atoms with Gasteiger partial charge in [0.25, 0.3) is 0 Å². The number of dihydropyridines is 1. The standard InChI is InChI=1S/C38H38N4/c1-37(2,3)31-21-17-27-13-11-25-15-19-29(39-33(25)35(27)41-31)23-7-9-24(10-8-23)30-20-16-26-12-14-28-18-22-32(38(4,5)6)42-36(28)34(26)40-30/h7,9,11-22,33,39H,8,10H2,1-6H3. The second-order valence-corrected chi connectivity index (χ2v) is 13.8. The van der Waals surface area contributed by atoms with Crippen LogP contribution in [-0.2, 0) is 10.8 Å². The molecule has 3 aromatic heterocycles. The van der Waals surface area contributed by atoms with Crippen LogP contribution in [0.5, 0.6) is 0 Å². The van der Waals surface area contributed by atoms with Crippen molar-refractivity contribution in [2.45, 2.75) is 71.3 Å². The van der Waals surface area contributed by atoms with Gasteiger partial charge in [-0.15, -0.1) is 0 Å². The Balaban J connectivity index is 1.20. The zero-order valence-electron chi connectivity index (χ0n) is 25.4. The molecule has 210 valence electrons. The number of allylic oxidation sites excluding steroid dienone is 6. The smallest absolute Gasteiger partial charge is 0.0972 e. The van der Waals surface area contributed by atoms with Crippen LogP contribution in [0.4, 0.5) is 0 Å². The molecule has 0 saturated heterocycles. The van der Waals surface area contributed by atoms with E-state index in [1.807, 2.05) is 0 Å². The van der Waals surface area contributed by atoms with E-state index in [1.54, 1.807) is 0 Å². The van der Waals surface area contributed by atoms with Crippen molar-refractivity contribution < 1.29 is 0 Å². The first-order valence-electron chi connectivity index (χ1n) is 15.0. The fourth-order valence-electron chi connectivity index (χ4n) is 6.04. The van der Waals surface area contributed by atoms with Crippen LogP contribution in [0.25, 0.3) is 33.5 Å². The molecule has 0 spiro atoms. The van der Waals surface area contributed by atoms with Gasteiger partial charge in [-0.25, -0.2) is 9.97 Å². The number of hydrogen-bond acceptors (Lipinski definition) is 4. The van der Waals surface area contributed by atoms with Gasteiger partial charge in [0.15, 0.2) is 0 Å². The largest absolute Gasteiger partial charge is 0.373 e. The van der Waals surface area contributed by atoms with Crippen LogP contribution in [0.3, 0.4) is 0 Å². The number of nitrogens with zero attached hydrogens (tertiary/aromatic N) is 3. The Labute approximate surface area is 248 Å². The van der Waals surface area contributed by atoms with Gasteiger partial charge in [-0.05, 0) is 59.4 Å². The molecule has 4 aromatic rings. The molecule has 7 rings (SSSR count). The average Bonchev–Trinajstić information content (AvgIpc) is 2.99. The molecule has 2 aliphatic carbocycles. The highest BCUT2D eigenvalue weighted by molar-refractivity contribution is 6.03. The normalized spacial score (nSPS) is 18.5. The van der Waals surface area contributed by atoms with E-state index in [0.29, 0.717) is 0 Å². The Morgan fingerprint density at radius 1 is 0.619 bits per heavy atom. The van der Waals surface area contributed by atoms with E-state index in [0.717, 1.165) is 57.4 Å². The summed E-state index contributed by atoms with van der Waals surface area (Å²) >= 11 is 0. The SMILES string of the molecule is CC(C)(C)c1ccc2c(n1)C1NC(C3=CC=C(c4ccc5ccc6ccc(C(C)(C)C)nc6c5n4)CC3)=CC=C1C=C2. The summed E-state index contributed by atoms with van der Waals surface area (Å²) in [5.41, 5.74) is 12.5. The van der Waals surface area contributed by atoms with Crippen LogP contribution in [0.1, 0.15) is 88.8 Å². The molecule has 0 saturated carbocycles. The van der Waals surface area contributed by atoms with Crippen molar-refractivity contribution >= 4 is 33.5 Å². The lowest BCUT2D eigenvalue weighted by Crippen LogP contribution is -2.29. The highest BCUT2D eigenvalue weighted by Gasteiger charge is 2.28. The third-order valence-corrected chi connectivity index (χ3v) is 8.64. The molecular formula is C38H38N4. The van der Waals surface area contributed by atoms with E-state index in [-0.39, 0.29) is 16.9 Å². The number of aromatic nitrogens is 3. The number of rotatable bonds is 2. The second-order valence-electron chi connectivity index (χ2n) is 13.8. The van der Waals surface area contributed by atoms with Gasteiger partial charge in [-0.3, -0.25) is 4.98 Å². The molecule has 4 nitrogen and oxygen atoms in total. The van der Waals surface area contributed by atoms with Crippen molar-refractivity contribution in [1.82, 2.24) is 20.3 Å². The van der Waals surface area contributed by atoms with Gasteiger partial charge < -0.3 is 5.32 Å². The Morgan fingerprint density at radius 2 is 1.24 bits per heavy atom. The number of hydrogen-bond donors (Lipinski definition) is 1. The summed E-state index contributed by atoms with van der Waals surface area (Å²) in [6.45, 7) is 13.3. The minimum Gasteiger partial charge on any atom is -0.373 e. The summed E-state index contributed by atoms with van der Waals surface area (Å²) in [6.07, 6.45) is 15.3. The van der Waals surface area contributed by atoms with E-state index in [4.69, 9.17) is 15.0 Å². The lowest BCUT2D eigenvalue weighted by Gasteiger charge is -2.32. The van der Waals surface area contributed by atoms with Crippen LogP contribution in [0.2, 0.25) is 0 Å². The summed E-state index contributed by atoms with van der Waals surface area (Å²) in [5.74, 6) is 0. The van der Waals surface area contributed by atoms with Crippen molar-refractivity contribution in [1.29, 1.82) is 0 Å². The van der Waals surface area contributed by atoms with Crippen molar-refractivity contribution in [2.75, 3.05) is 0 Å². The third kappa shape index (κ3) is 4.69. The van der Waals surface area contributed by atoms with Crippen molar-refractivity contribution in [3.8, 4) is 0 Å². The maximum atomic E-state index is 5.18. The van der Waals surface area contributed by atoms with E-state index < -0.39 is 0 Å². The predicted octanol–water partition coefficient (Wildman–Crippen LogP) is 9.06. The Kier molecular flexibility index (Phi) is 6.09. The number of pyridine rings is 3. The van der Waals surface area contributed by atoms with E-state index in [1.165, 1.54) is 28.0 Å². The maximum Gasteiger partial charge on any atom is 0.0972 e. The van der Waals surface area contributed by atoms with E-state index in [2.05, 4.69) is 132 Å². The van der Waals surface area contributed by atoms with Crippen LogP contribution < -0.4 is 5.32 Å². The maximum absolute atomic E-state index is 5.18. The minimum atomic E-state index is -0.0141. The number of benzene rings is 1. The van der Waals surface area contributed by atoms with Crippen molar-refractivity contribution in [2.24, 2.45) is 0 Å². The molecule has 3 aliphatic rings. The van der Waals surface area contributed by atoms with Gasteiger partial charge >= 0.3 is 0 Å². The topological polar surface area (TPSA) is 50.7 Å². The molecule has 1 N–H and O–H groups in total. The molecule has 1 aliphatic heterocycles. The summed E-state index contributed by atoms with van der Waals surface area (Å²) in [5, 5.41) is 6.09. The summed E-state index contributed by atoms with van der Waals surface area (Å²) < 4.78 is 0. The van der Waals surface area contributed by atoms with Gasteiger partial charge in [0, 0.05) is 38.7 Å². The number of fused-ring (bicyclic) bond motifs is 6. The second kappa shape index (κ2) is 9.62. The Hall–Kier alpha value is -4.31. The summed E-state index contributed by atoms with van der Waals surface area (Å²) in [4.78, 5) is 15.4. The van der Waals surface area contributed by atoms with Crippen molar-refractivity contribution in [3.05, 3.63) is 124 Å². The van der Waals surface area contributed by atoms with Gasteiger partial charge in [-0.2, -0.15) is 0 Å². The van der Waals surface area contributed by atoms with Gasteiger partial charge in [0.1, 0.15) is 0 Å². The first-order chi connectivity index (χ1) is 20.0. The van der Waals surface area contributed by atoms with E-state index >= 15 is 0 Å². The highest BCUT2D eigenvalue weighted by atomic mass is 15.0.